The summed E-state index contributed by atoms with van der Waals surface area (Å²) in [5, 5.41) is 0. The van der Waals surface area contributed by atoms with Crippen LogP contribution < -0.4 is 0 Å². The van der Waals surface area contributed by atoms with E-state index in [0.29, 0.717) is 5.88 Å². The molecule has 0 aliphatic rings. The second-order valence-corrected chi connectivity index (χ2v) is 4.06. The predicted molar refractivity (Wildman–Crippen MR) is 62.6 cm³/mol. The SMILES string of the molecule is Cc1ccc2c(c1)[nH]c(=S)n2CCCl. The predicted octanol–water partition coefficient (Wildman–Crippen LogP) is 3.25. The van der Waals surface area contributed by atoms with Crippen molar-refractivity contribution in [3.05, 3.63) is 28.5 Å². The lowest BCUT2D eigenvalue weighted by molar-refractivity contribution is 0.780. The average molecular weight is 227 g/mol. The Morgan fingerprint density at radius 2 is 2.29 bits per heavy atom. The summed E-state index contributed by atoms with van der Waals surface area (Å²) in [5.74, 6) is 0.579. The standard InChI is InChI=1S/C10H11ClN2S/c1-7-2-3-9-8(6-7)12-10(14)13(9)5-4-11/h2-3,6H,4-5H2,1H3,(H,12,14). The van der Waals surface area contributed by atoms with Crippen molar-refractivity contribution in [3.8, 4) is 0 Å². The molecule has 1 aromatic carbocycles. The fraction of sp³-hybridized carbons (Fsp3) is 0.300. The molecular formula is C10H11ClN2S. The fourth-order valence-electron chi connectivity index (χ4n) is 1.58. The van der Waals surface area contributed by atoms with Gasteiger partial charge < -0.3 is 9.55 Å². The Kier molecular flexibility index (Phi) is 2.61. The zero-order valence-electron chi connectivity index (χ0n) is 7.88. The van der Waals surface area contributed by atoms with Crippen molar-refractivity contribution in [1.82, 2.24) is 9.55 Å². The van der Waals surface area contributed by atoms with Crippen molar-refractivity contribution >= 4 is 34.9 Å². The van der Waals surface area contributed by atoms with E-state index in [0.717, 1.165) is 22.3 Å². The number of rotatable bonds is 2. The molecule has 0 radical (unpaired) electrons. The van der Waals surface area contributed by atoms with E-state index in [4.69, 9.17) is 23.8 Å². The Hall–Kier alpha value is -0.800. The number of alkyl halides is 1. The maximum absolute atomic E-state index is 5.72. The molecule has 1 heterocycles. The highest BCUT2D eigenvalue weighted by molar-refractivity contribution is 7.71. The molecule has 1 aromatic heterocycles. The second kappa shape index (κ2) is 3.75. The van der Waals surface area contributed by atoms with Crippen LogP contribution in [0.3, 0.4) is 0 Å². The molecule has 0 fully saturated rings. The van der Waals surface area contributed by atoms with Crippen molar-refractivity contribution < 1.29 is 0 Å². The van der Waals surface area contributed by atoms with Crippen LogP contribution in [0, 0.1) is 11.7 Å². The number of halogens is 1. The van der Waals surface area contributed by atoms with E-state index in [9.17, 15) is 0 Å². The van der Waals surface area contributed by atoms with E-state index < -0.39 is 0 Å². The third kappa shape index (κ3) is 1.57. The van der Waals surface area contributed by atoms with E-state index in [-0.39, 0.29) is 0 Å². The number of hydrogen-bond donors (Lipinski definition) is 1. The van der Waals surface area contributed by atoms with Crippen LogP contribution in [-0.2, 0) is 6.54 Å². The van der Waals surface area contributed by atoms with Gasteiger partial charge in [-0.2, -0.15) is 0 Å². The zero-order chi connectivity index (χ0) is 10.1. The Morgan fingerprint density at radius 1 is 1.50 bits per heavy atom. The van der Waals surface area contributed by atoms with Gasteiger partial charge in [-0.05, 0) is 36.8 Å². The van der Waals surface area contributed by atoms with Gasteiger partial charge in [0, 0.05) is 12.4 Å². The highest BCUT2D eigenvalue weighted by Gasteiger charge is 2.02. The molecule has 0 saturated carbocycles. The monoisotopic (exact) mass is 226 g/mol. The minimum Gasteiger partial charge on any atom is -0.331 e. The van der Waals surface area contributed by atoms with Gasteiger partial charge in [0.2, 0.25) is 0 Å². The van der Waals surface area contributed by atoms with Crippen molar-refractivity contribution in [2.75, 3.05) is 5.88 Å². The highest BCUT2D eigenvalue weighted by Crippen LogP contribution is 2.15. The highest BCUT2D eigenvalue weighted by atomic mass is 35.5. The first-order valence-electron chi connectivity index (χ1n) is 4.47. The number of nitrogens with zero attached hydrogens (tertiary/aromatic N) is 1. The molecule has 0 amide bonds. The fourth-order valence-corrected chi connectivity index (χ4v) is 2.05. The number of H-pyrrole nitrogens is 1. The van der Waals surface area contributed by atoms with Crippen LogP contribution in [0.2, 0.25) is 0 Å². The van der Waals surface area contributed by atoms with Gasteiger partial charge in [-0.1, -0.05) is 6.07 Å². The van der Waals surface area contributed by atoms with Gasteiger partial charge in [-0.3, -0.25) is 0 Å². The smallest absolute Gasteiger partial charge is 0.178 e. The third-order valence-electron chi connectivity index (χ3n) is 2.24. The normalized spacial score (nSPS) is 11.0. The lowest BCUT2D eigenvalue weighted by Gasteiger charge is -2.00. The molecule has 0 bridgehead atoms. The van der Waals surface area contributed by atoms with Gasteiger partial charge in [0.25, 0.3) is 0 Å². The van der Waals surface area contributed by atoms with Crippen LogP contribution in [0.5, 0.6) is 0 Å². The van der Waals surface area contributed by atoms with Crippen LogP contribution >= 0.6 is 23.8 Å². The van der Waals surface area contributed by atoms with Crippen molar-refractivity contribution in [1.29, 1.82) is 0 Å². The van der Waals surface area contributed by atoms with Gasteiger partial charge in [0.1, 0.15) is 0 Å². The maximum Gasteiger partial charge on any atom is 0.178 e. The molecule has 0 atom stereocenters. The summed E-state index contributed by atoms with van der Waals surface area (Å²) in [6, 6.07) is 6.25. The molecule has 2 aromatic rings. The van der Waals surface area contributed by atoms with Crippen molar-refractivity contribution in [2.24, 2.45) is 0 Å². The molecule has 1 N–H and O–H groups in total. The molecule has 2 nitrogen and oxygen atoms in total. The molecule has 14 heavy (non-hydrogen) atoms. The summed E-state index contributed by atoms with van der Waals surface area (Å²) in [5.41, 5.74) is 3.44. The summed E-state index contributed by atoms with van der Waals surface area (Å²) >= 11 is 10.9. The summed E-state index contributed by atoms with van der Waals surface area (Å²) in [7, 11) is 0. The maximum atomic E-state index is 5.72. The van der Waals surface area contributed by atoms with Gasteiger partial charge in [0.15, 0.2) is 4.77 Å². The van der Waals surface area contributed by atoms with Crippen LogP contribution in [0.1, 0.15) is 5.56 Å². The molecule has 0 aliphatic carbocycles. The van der Waals surface area contributed by atoms with Crippen LogP contribution in [-0.4, -0.2) is 15.4 Å². The van der Waals surface area contributed by atoms with Gasteiger partial charge in [0.05, 0.1) is 11.0 Å². The number of benzene rings is 1. The van der Waals surface area contributed by atoms with Gasteiger partial charge in [-0.15, -0.1) is 11.6 Å². The summed E-state index contributed by atoms with van der Waals surface area (Å²) < 4.78 is 2.77. The average Bonchev–Trinajstić information content (AvgIpc) is 2.43. The van der Waals surface area contributed by atoms with Crippen LogP contribution in [0.15, 0.2) is 18.2 Å². The largest absolute Gasteiger partial charge is 0.331 e. The first kappa shape index (κ1) is 9.74. The summed E-state index contributed by atoms with van der Waals surface area (Å²) in [6.45, 7) is 2.82. The first-order chi connectivity index (χ1) is 6.72. The number of aryl methyl sites for hydroxylation is 2. The summed E-state index contributed by atoms with van der Waals surface area (Å²) in [4.78, 5) is 3.17. The Morgan fingerprint density at radius 3 is 3.00 bits per heavy atom. The minimum absolute atomic E-state index is 0.579. The topological polar surface area (TPSA) is 20.7 Å². The second-order valence-electron chi connectivity index (χ2n) is 3.29. The van der Waals surface area contributed by atoms with E-state index in [1.807, 2.05) is 4.57 Å². The molecule has 0 spiro atoms. The Labute approximate surface area is 92.5 Å². The number of aromatic nitrogens is 2. The molecule has 2 rings (SSSR count). The quantitative estimate of drug-likeness (QED) is 0.616. The summed E-state index contributed by atoms with van der Waals surface area (Å²) in [6.07, 6.45) is 0. The number of aromatic amines is 1. The molecule has 0 saturated heterocycles. The minimum atomic E-state index is 0.579. The van der Waals surface area contributed by atoms with E-state index >= 15 is 0 Å². The molecule has 4 heteroatoms. The van der Waals surface area contributed by atoms with Crippen LogP contribution in [0.4, 0.5) is 0 Å². The van der Waals surface area contributed by atoms with E-state index in [1.165, 1.54) is 5.56 Å². The van der Waals surface area contributed by atoms with E-state index in [1.54, 1.807) is 0 Å². The zero-order valence-corrected chi connectivity index (χ0v) is 9.45. The number of imidazole rings is 1. The molecule has 0 unspecified atom stereocenters. The van der Waals surface area contributed by atoms with Crippen molar-refractivity contribution in [3.63, 3.8) is 0 Å². The first-order valence-corrected chi connectivity index (χ1v) is 5.42. The third-order valence-corrected chi connectivity index (χ3v) is 2.73. The Bertz CT molecular complexity index is 512. The Balaban J connectivity index is 2.71. The van der Waals surface area contributed by atoms with Gasteiger partial charge in [-0.25, -0.2) is 0 Å². The molecule has 74 valence electrons. The number of hydrogen-bond acceptors (Lipinski definition) is 1. The van der Waals surface area contributed by atoms with E-state index in [2.05, 4.69) is 30.1 Å². The molecule has 0 aliphatic heterocycles. The number of nitrogens with one attached hydrogen (secondary N) is 1. The lowest BCUT2D eigenvalue weighted by Crippen LogP contribution is -1.98. The van der Waals surface area contributed by atoms with Crippen molar-refractivity contribution in [2.45, 2.75) is 13.5 Å². The number of fused-ring (bicyclic) bond motifs is 1. The van der Waals surface area contributed by atoms with Gasteiger partial charge >= 0.3 is 0 Å². The molecular weight excluding hydrogens is 216 g/mol. The van der Waals surface area contributed by atoms with Crippen LogP contribution in [0.25, 0.3) is 11.0 Å². The lowest BCUT2D eigenvalue weighted by atomic mass is 10.2.